The smallest absolute Gasteiger partial charge is 0.254 e. The zero-order chi connectivity index (χ0) is 23.3. The summed E-state index contributed by atoms with van der Waals surface area (Å²) >= 11 is 0. The van der Waals surface area contributed by atoms with Crippen molar-refractivity contribution in [2.45, 2.75) is 24.9 Å². The van der Waals surface area contributed by atoms with Crippen LogP contribution < -0.4 is 15.5 Å². The van der Waals surface area contributed by atoms with Crippen LogP contribution in [0.15, 0.2) is 24.3 Å². The fourth-order valence-electron chi connectivity index (χ4n) is 3.94. The van der Waals surface area contributed by atoms with E-state index in [1.807, 2.05) is 31.1 Å². The van der Waals surface area contributed by atoms with E-state index < -0.39 is 18.0 Å². The maximum atomic E-state index is 13.3. The number of carbonyl (C=O) groups is 4. The molecule has 2 aliphatic heterocycles. The quantitative estimate of drug-likeness (QED) is 0.608. The first kappa shape index (κ1) is 23.5. The fourth-order valence-corrected chi connectivity index (χ4v) is 3.94. The number of nitrogens with one attached hydrogen (secondary N) is 2. The molecule has 2 heterocycles. The van der Waals surface area contributed by atoms with E-state index in [1.165, 1.54) is 16.9 Å². The molecule has 174 valence electrons. The molecule has 0 saturated carbocycles. The van der Waals surface area contributed by atoms with Crippen LogP contribution in [-0.4, -0.2) is 99.5 Å². The van der Waals surface area contributed by atoms with Crippen molar-refractivity contribution < 1.29 is 23.9 Å². The van der Waals surface area contributed by atoms with Gasteiger partial charge in [0.1, 0.15) is 18.7 Å². The van der Waals surface area contributed by atoms with Gasteiger partial charge in [0.2, 0.25) is 17.7 Å². The van der Waals surface area contributed by atoms with E-state index in [2.05, 4.69) is 10.6 Å². The van der Waals surface area contributed by atoms with Crippen LogP contribution in [0.25, 0.3) is 0 Å². The minimum atomic E-state index is -0.902. The SMILES string of the molecule is COCC(=O)N1CCN(C(=O)c2ccc(N(C)C)cc2)C(C(=O)NC2CCCNC2=O)C1. The molecule has 2 saturated heterocycles. The molecule has 2 unspecified atom stereocenters. The number of ether oxygens (including phenoxy) is 1. The third-order valence-electron chi connectivity index (χ3n) is 5.80. The third kappa shape index (κ3) is 5.37. The molecule has 0 aromatic heterocycles. The number of hydrogen-bond acceptors (Lipinski definition) is 6. The van der Waals surface area contributed by atoms with Crippen molar-refractivity contribution in [3.63, 3.8) is 0 Å². The lowest BCUT2D eigenvalue weighted by atomic mass is 10.0. The second kappa shape index (κ2) is 10.4. The van der Waals surface area contributed by atoms with Gasteiger partial charge in [0.05, 0.1) is 6.54 Å². The predicted octanol–water partition coefficient (Wildman–Crippen LogP) is -0.553. The molecule has 0 bridgehead atoms. The maximum absolute atomic E-state index is 13.3. The van der Waals surface area contributed by atoms with Crippen LogP contribution in [0.5, 0.6) is 0 Å². The van der Waals surface area contributed by atoms with E-state index in [9.17, 15) is 19.2 Å². The van der Waals surface area contributed by atoms with Crippen LogP contribution in [0.3, 0.4) is 0 Å². The largest absolute Gasteiger partial charge is 0.378 e. The van der Waals surface area contributed by atoms with Gasteiger partial charge in [-0.1, -0.05) is 0 Å². The average molecular weight is 446 g/mol. The first-order valence-corrected chi connectivity index (χ1v) is 10.7. The molecule has 2 atom stereocenters. The Bertz CT molecular complexity index is 857. The number of methoxy groups -OCH3 is 1. The van der Waals surface area contributed by atoms with Crippen LogP contribution in [0, 0.1) is 0 Å². The second-order valence-electron chi connectivity index (χ2n) is 8.22. The molecule has 0 aliphatic carbocycles. The number of rotatable bonds is 6. The number of hydrogen-bond donors (Lipinski definition) is 2. The van der Waals surface area contributed by atoms with Crippen molar-refractivity contribution in [3.8, 4) is 0 Å². The van der Waals surface area contributed by atoms with Crippen molar-refractivity contribution in [2.75, 3.05) is 58.9 Å². The Hall–Kier alpha value is -3.14. The first-order chi connectivity index (χ1) is 15.3. The maximum Gasteiger partial charge on any atom is 0.254 e. The Kier molecular flexibility index (Phi) is 7.68. The van der Waals surface area contributed by atoms with Crippen molar-refractivity contribution in [1.82, 2.24) is 20.4 Å². The number of amides is 4. The molecular weight excluding hydrogens is 414 g/mol. The van der Waals surface area contributed by atoms with Gasteiger partial charge in [0.15, 0.2) is 0 Å². The Labute approximate surface area is 187 Å². The molecule has 0 radical (unpaired) electrons. The van der Waals surface area contributed by atoms with E-state index in [0.717, 1.165) is 12.1 Å². The zero-order valence-corrected chi connectivity index (χ0v) is 18.8. The summed E-state index contributed by atoms with van der Waals surface area (Å²) in [6.45, 7) is 1.04. The molecule has 10 heteroatoms. The summed E-state index contributed by atoms with van der Waals surface area (Å²) in [5.41, 5.74) is 1.41. The Balaban J connectivity index is 1.80. The van der Waals surface area contributed by atoms with E-state index in [4.69, 9.17) is 4.74 Å². The molecule has 0 spiro atoms. The average Bonchev–Trinajstić information content (AvgIpc) is 2.80. The van der Waals surface area contributed by atoms with Crippen molar-refractivity contribution in [1.29, 1.82) is 0 Å². The van der Waals surface area contributed by atoms with E-state index >= 15 is 0 Å². The third-order valence-corrected chi connectivity index (χ3v) is 5.80. The highest BCUT2D eigenvalue weighted by Gasteiger charge is 2.38. The summed E-state index contributed by atoms with van der Waals surface area (Å²) in [6.07, 6.45) is 1.30. The van der Waals surface area contributed by atoms with Gasteiger partial charge in [-0.25, -0.2) is 0 Å². The van der Waals surface area contributed by atoms with Gasteiger partial charge in [0, 0.05) is 52.1 Å². The van der Waals surface area contributed by atoms with E-state index in [-0.39, 0.29) is 37.4 Å². The molecule has 1 aromatic carbocycles. The zero-order valence-electron chi connectivity index (χ0n) is 18.8. The number of piperidine rings is 1. The summed E-state index contributed by atoms with van der Waals surface area (Å²) in [6, 6.07) is 5.59. The van der Waals surface area contributed by atoms with Gasteiger partial charge in [0.25, 0.3) is 5.91 Å². The van der Waals surface area contributed by atoms with Gasteiger partial charge in [-0.05, 0) is 37.1 Å². The molecule has 4 amide bonds. The summed E-state index contributed by atoms with van der Waals surface area (Å²) in [4.78, 5) is 55.8. The van der Waals surface area contributed by atoms with Crippen molar-refractivity contribution in [2.24, 2.45) is 0 Å². The number of anilines is 1. The topological polar surface area (TPSA) is 111 Å². The van der Waals surface area contributed by atoms with Gasteiger partial charge in [-0.3, -0.25) is 19.2 Å². The highest BCUT2D eigenvalue weighted by Crippen LogP contribution is 2.18. The molecule has 2 fully saturated rings. The Morgan fingerprint density at radius 2 is 1.91 bits per heavy atom. The van der Waals surface area contributed by atoms with Crippen LogP contribution in [0.4, 0.5) is 5.69 Å². The lowest BCUT2D eigenvalue weighted by Gasteiger charge is -2.41. The molecule has 2 aliphatic rings. The van der Waals surface area contributed by atoms with Gasteiger partial charge < -0.3 is 30.1 Å². The molecule has 10 nitrogen and oxygen atoms in total. The van der Waals surface area contributed by atoms with Gasteiger partial charge in [-0.15, -0.1) is 0 Å². The molecule has 2 N–H and O–H groups in total. The second-order valence-corrected chi connectivity index (χ2v) is 8.22. The Morgan fingerprint density at radius 3 is 2.53 bits per heavy atom. The molecule has 1 aromatic rings. The van der Waals surface area contributed by atoms with Gasteiger partial charge in [-0.2, -0.15) is 0 Å². The summed E-state index contributed by atoms with van der Waals surface area (Å²) in [5.74, 6) is -1.21. The minimum absolute atomic E-state index is 0.0455. The normalized spacial score (nSPS) is 21.0. The van der Waals surface area contributed by atoms with Gasteiger partial charge >= 0.3 is 0 Å². The number of nitrogens with zero attached hydrogens (tertiary/aromatic N) is 3. The van der Waals surface area contributed by atoms with E-state index in [0.29, 0.717) is 25.1 Å². The Morgan fingerprint density at radius 1 is 1.19 bits per heavy atom. The lowest BCUT2D eigenvalue weighted by Crippen LogP contribution is -2.63. The number of piperazine rings is 1. The minimum Gasteiger partial charge on any atom is -0.378 e. The van der Waals surface area contributed by atoms with Crippen LogP contribution in [-0.2, 0) is 19.1 Å². The molecular formula is C22H31N5O5. The summed E-state index contributed by atoms with van der Waals surface area (Å²) in [7, 11) is 5.25. The molecule has 3 rings (SSSR count). The van der Waals surface area contributed by atoms with Crippen molar-refractivity contribution >= 4 is 29.3 Å². The highest BCUT2D eigenvalue weighted by molar-refractivity contribution is 5.99. The van der Waals surface area contributed by atoms with E-state index in [1.54, 1.807) is 12.1 Å². The molecule has 32 heavy (non-hydrogen) atoms. The van der Waals surface area contributed by atoms with Crippen LogP contribution >= 0.6 is 0 Å². The predicted molar refractivity (Wildman–Crippen MR) is 118 cm³/mol. The standard InChI is InChI=1S/C22H31N5O5/c1-25(2)16-8-6-15(7-9-16)22(31)27-12-11-26(19(28)14-32-3)13-18(27)21(30)24-17-5-4-10-23-20(17)29/h6-9,17-18H,4-5,10-14H2,1-3H3,(H,23,29)(H,24,30). The monoisotopic (exact) mass is 445 g/mol. The van der Waals surface area contributed by atoms with Crippen LogP contribution in [0.2, 0.25) is 0 Å². The van der Waals surface area contributed by atoms with Crippen LogP contribution in [0.1, 0.15) is 23.2 Å². The van der Waals surface area contributed by atoms with Crippen molar-refractivity contribution in [3.05, 3.63) is 29.8 Å². The summed E-state index contributed by atoms with van der Waals surface area (Å²) in [5, 5.41) is 5.51. The first-order valence-electron chi connectivity index (χ1n) is 10.7. The fraction of sp³-hybridized carbons (Fsp3) is 0.545. The number of carbonyl (C=O) groups excluding carboxylic acids is 4. The summed E-state index contributed by atoms with van der Waals surface area (Å²) < 4.78 is 4.93. The number of benzene rings is 1. The highest BCUT2D eigenvalue weighted by atomic mass is 16.5. The lowest BCUT2D eigenvalue weighted by molar-refractivity contribution is -0.141.